The van der Waals surface area contributed by atoms with Gasteiger partial charge in [0.25, 0.3) is 0 Å². The van der Waals surface area contributed by atoms with Gasteiger partial charge in [0, 0.05) is 23.7 Å². The van der Waals surface area contributed by atoms with E-state index in [1.807, 2.05) is 12.1 Å². The molecule has 166 valence electrons. The molecule has 6 nitrogen and oxygen atoms in total. The Kier molecular flexibility index (Phi) is 5.97. The molecule has 1 aliphatic carbocycles. The zero-order valence-electron chi connectivity index (χ0n) is 17.0. The van der Waals surface area contributed by atoms with Gasteiger partial charge in [0.1, 0.15) is 5.82 Å². The van der Waals surface area contributed by atoms with E-state index in [1.54, 1.807) is 35.4 Å². The van der Waals surface area contributed by atoms with Crippen LogP contribution in [0.15, 0.2) is 52.6 Å². The van der Waals surface area contributed by atoms with Crippen molar-refractivity contribution in [1.29, 1.82) is 0 Å². The third-order valence-corrected chi connectivity index (χ3v) is 7.43. The quantitative estimate of drug-likeness (QED) is 0.596. The first-order chi connectivity index (χ1) is 14.6. The second-order valence-electron chi connectivity index (χ2n) is 7.80. The fourth-order valence-electron chi connectivity index (χ4n) is 3.79. The van der Waals surface area contributed by atoms with Crippen LogP contribution in [-0.2, 0) is 16.6 Å². The van der Waals surface area contributed by atoms with Crippen LogP contribution in [-0.4, -0.2) is 38.1 Å². The average Bonchev–Trinajstić information content (AvgIpc) is 3.48. The predicted octanol–water partition coefficient (Wildman–Crippen LogP) is 4.49. The molecule has 2 aromatic carbocycles. The van der Waals surface area contributed by atoms with Crippen LogP contribution in [0.1, 0.15) is 18.4 Å². The SMILES string of the molecule is CN1C(C2CC2)=CC(O)N1c1ccc(Cl)cc1N(Cc1ccc(Br)c(F)c1)S(C)(=O)=O. The van der Waals surface area contributed by atoms with Gasteiger partial charge in [0.05, 0.1) is 28.6 Å². The van der Waals surface area contributed by atoms with Crippen molar-refractivity contribution in [3.63, 3.8) is 0 Å². The van der Waals surface area contributed by atoms with Crippen molar-refractivity contribution in [2.45, 2.75) is 25.6 Å². The minimum absolute atomic E-state index is 0.0903. The summed E-state index contributed by atoms with van der Waals surface area (Å²) >= 11 is 9.34. The summed E-state index contributed by atoms with van der Waals surface area (Å²) < 4.78 is 41.1. The molecule has 1 fully saturated rings. The van der Waals surface area contributed by atoms with E-state index in [1.165, 1.54) is 16.4 Å². The highest BCUT2D eigenvalue weighted by molar-refractivity contribution is 9.10. The normalized spacial score (nSPS) is 19.0. The first-order valence-electron chi connectivity index (χ1n) is 9.70. The lowest BCUT2D eigenvalue weighted by Gasteiger charge is -2.36. The van der Waals surface area contributed by atoms with Crippen molar-refractivity contribution in [2.24, 2.45) is 5.92 Å². The second-order valence-corrected chi connectivity index (χ2v) is 11.0. The van der Waals surface area contributed by atoms with Gasteiger partial charge in [-0.2, -0.15) is 0 Å². The molecule has 0 amide bonds. The predicted molar refractivity (Wildman–Crippen MR) is 124 cm³/mol. The van der Waals surface area contributed by atoms with E-state index in [9.17, 15) is 17.9 Å². The van der Waals surface area contributed by atoms with Gasteiger partial charge in [-0.3, -0.25) is 14.3 Å². The zero-order valence-corrected chi connectivity index (χ0v) is 20.1. The Morgan fingerprint density at radius 3 is 2.58 bits per heavy atom. The number of hydrogen-bond donors (Lipinski definition) is 1. The van der Waals surface area contributed by atoms with Gasteiger partial charge in [-0.05, 0) is 70.7 Å². The van der Waals surface area contributed by atoms with Crippen molar-refractivity contribution < 1.29 is 17.9 Å². The maximum absolute atomic E-state index is 14.1. The number of allylic oxidation sites excluding steroid dienone is 1. The third-order valence-electron chi connectivity index (χ3n) is 5.43. The van der Waals surface area contributed by atoms with Crippen LogP contribution in [0.3, 0.4) is 0 Å². The highest BCUT2D eigenvalue weighted by Crippen LogP contribution is 2.45. The number of aliphatic hydroxyl groups excluding tert-OH is 1. The number of sulfonamides is 1. The van der Waals surface area contributed by atoms with E-state index in [2.05, 4.69) is 15.9 Å². The van der Waals surface area contributed by atoms with Crippen molar-refractivity contribution in [2.75, 3.05) is 22.6 Å². The standard InChI is InChI=1S/C21H22BrClFN3O3S/c1-25-19(14-4-5-14)11-21(28)27(25)18-8-6-15(23)10-20(18)26(31(2,29)30)12-13-3-7-16(22)17(24)9-13/h3,6-11,14,21,28H,4-5,12H2,1-2H3. The first-order valence-corrected chi connectivity index (χ1v) is 12.7. The maximum Gasteiger partial charge on any atom is 0.232 e. The molecule has 10 heteroatoms. The van der Waals surface area contributed by atoms with Gasteiger partial charge in [0.15, 0.2) is 6.23 Å². The molecule has 1 unspecified atom stereocenters. The lowest BCUT2D eigenvalue weighted by molar-refractivity contribution is 0.180. The maximum atomic E-state index is 14.1. The summed E-state index contributed by atoms with van der Waals surface area (Å²) in [6.07, 6.45) is 4.06. The highest BCUT2D eigenvalue weighted by Gasteiger charge is 2.39. The minimum Gasteiger partial charge on any atom is -0.368 e. The summed E-state index contributed by atoms with van der Waals surface area (Å²) in [6.45, 7) is -0.0903. The zero-order chi connectivity index (χ0) is 22.5. The number of hydrazine groups is 1. The number of rotatable bonds is 6. The molecule has 1 atom stereocenters. The van der Waals surface area contributed by atoms with Crippen molar-refractivity contribution in [1.82, 2.24) is 5.01 Å². The molecule has 0 radical (unpaired) electrons. The summed E-state index contributed by atoms with van der Waals surface area (Å²) in [7, 11) is -1.92. The number of halogens is 3. The number of nitrogens with zero attached hydrogens (tertiary/aromatic N) is 3. The van der Waals surface area contributed by atoms with Gasteiger partial charge in [-0.1, -0.05) is 17.7 Å². The molecule has 1 aliphatic heterocycles. The Labute approximate surface area is 194 Å². The lowest BCUT2D eigenvalue weighted by atomic mass is 10.2. The van der Waals surface area contributed by atoms with Crippen LogP contribution in [0.4, 0.5) is 15.8 Å². The van der Waals surface area contributed by atoms with Crippen LogP contribution >= 0.6 is 27.5 Å². The third kappa shape index (κ3) is 4.55. The average molecular weight is 531 g/mol. The lowest BCUT2D eigenvalue weighted by Crippen LogP contribution is -2.42. The molecule has 2 aliphatic rings. The molecule has 0 aromatic heterocycles. The molecule has 0 bridgehead atoms. The van der Waals surface area contributed by atoms with Crippen LogP contribution < -0.4 is 9.31 Å². The van der Waals surface area contributed by atoms with Crippen LogP contribution in [0.25, 0.3) is 0 Å². The Balaban J connectivity index is 1.77. The smallest absolute Gasteiger partial charge is 0.232 e. The molecule has 31 heavy (non-hydrogen) atoms. The van der Waals surface area contributed by atoms with E-state index in [4.69, 9.17) is 11.6 Å². The van der Waals surface area contributed by atoms with Gasteiger partial charge < -0.3 is 5.11 Å². The molecule has 4 rings (SSSR count). The fraction of sp³-hybridized carbons (Fsp3) is 0.333. The Hall–Kier alpha value is -1.81. The van der Waals surface area contributed by atoms with Crippen molar-refractivity contribution in [3.8, 4) is 0 Å². The Morgan fingerprint density at radius 2 is 1.97 bits per heavy atom. The van der Waals surface area contributed by atoms with Gasteiger partial charge >= 0.3 is 0 Å². The summed E-state index contributed by atoms with van der Waals surface area (Å²) in [5.41, 5.74) is 2.27. The molecular weight excluding hydrogens is 509 g/mol. The summed E-state index contributed by atoms with van der Waals surface area (Å²) in [6, 6.07) is 9.35. The van der Waals surface area contributed by atoms with E-state index in [0.29, 0.717) is 32.4 Å². The molecule has 1 saturated carbocycles. The van der Waals surface area contributed by atoms with Crippen molar-refractivity contribution in [3.05, 3.63) is 69.0 Å². The van der Waals surface area contributed by atoms with E-state index < -0.39 is 22.1 Å². The minimum atomic E-state index is -3.76. The number of aliphatic hydroxyl groups is 1. The Morgan fingerprint density at radius 1 is 1.26 bits per heavy atom. The van der Waals surface area contributed by atoms with E-state index >= 15 is 0 Å². The van der Waals surface area contributed by atoms with Crippen molar-refractivity contribution >= 4 is 48.9 Å². The van der Waals surface area contributed by atoms with Crippen LogP contribution in [0, 0.1) is 11.7 Å². The van der Waals surface area contributed by atoms with Crippen LogP contribution in [0.5, 0.6) is 0 Å². The number of hydrogen-bond acceptors (Lipinski definition) is 5. The van der Waals surface area contributed by atoms with Gasteiger partial charge in [-0.25, -0.2) is 12.8 Å². The monoisotopic (exact) mass is 529 g/mol. The van der Waals surface area contributed by atoms with Gasteiger partial charge in [0.2, 0.25) is 10.0 Å². The molecule has 2 aromatic rings. The second kappa shape index (κ2) is 8.27. The highest BCUT2D eigenvalue weighted by atomic mass is 79.9. The fourth-order valence-corrected chi connectivity index (χ4v) is 5.09. The summed E-state index contributed by atoms with van der Waals surface area (Å²) in [4.78, 5) is 0. The molecule has 0 saturated heterocycles. The summed E-state index contributed by atoms with van der Waals surface area (Å²) in [5, 5.41) is 14.6. The number of benzene rings is 2. The van der Waals surface area contributed by atoms with Crippen LogP contribution in [0.2, 0.25) is 5.02 Å². The first kappa shape index (κ1) is 22.4. The largest absolute Gasteiger partial charge is 0.368 e. The van der Waals surface area contributed by atoms with Gasteiger partial charge in [-0.15, -0.1) is 0 Å². The molecule has 1 heterocycles. The molecule has 0 spiro atoms. The molecular formula is C21H22BrClFN3O3S. The Bertz CT molecular complexity index is 1160. The van der Waals surface area contributed by atoms with E-state index in [0.717, 1.165) is 24.8 Å². The number of anilines is 2. The molecule has 1 N–H and O–H groups in total. The summed E-state index contributed by atoms with van der Waals surface area (Å²) in [5.74, 6) is -0.0811. The van der Waals surface area contributed by atoms with E-state index in [-0.39, 0.29) is 6.54 Å². The topological polar surface area (TPSA) is 64.1 Å².